The lowest BCUT2D eigenvalue weighted by molar-refractivity contribution is -0.129. The molecule has 1 heterocycles. The minimum absolute atomic E-state index is 0.290. The summed E-state index contributed by atoms with van der Waals surface area (Å²) in [6.07, 6.45) is -0.283. The van der Waals surface area contributed by atoms with Crippen LogP contribution in [0.25, 0.3) is 0 Å². The zero-order chi connectivity index (χ0) is 16.8. The van der Waals surface area contributed by atoms with E-state index in [-0.39, 0.29) is 11.7 Å². The zero-order valence-corrected chi connectivity index (χ0v) is 13.8. The largest absolute Gasteiger partial charge is 0.448 e. The molecule has 0 radical (unpaired) electrons. The maximum Gasteiger partial charge on any atom is 0.349 e. The van der Waals surface area contributed by atoms with Crippen molar-refractivity contribution in [2.75, 3.05) is 6.54 Å². The van der Waals surface area contributed by atoms with Crippen molar-refractivity contribution in [2.24, 2.45) is 0 Å². The van der Waals surface area contributed by atoms with E-state index < -0.39 is 12.1 Å². The Balaban J connectivity index is 1.76. The summed E-state index contributed by atoms with van der Waals surface area (Å²) in [5.74, 6) is -1.14. The Morgan fingerprint density at radius 2 is 1.91 bits per heavy atom. The molecule has 0 aliphatic rings. The second kappa shape index (κ2) is 7.87. The molecule has 0 bridgehead atoms. The van der Waals surface area contributed by atoms with E-state index in [0.29, 0.717) is 17.8 Å². The fourth-order valence-corrected chi connectivity index (χ4v) is 2.69. The number of rotatable bonds is 6. The first-order valence-electron chi connectivity index (χ1n) is 7.25. The quantitative estimate of drug-likeness (QED) is 0.825. The third-order valence-electron chi connectivity index (χ3n) is 3.22. The van der Waals surface area contributed by atoms with Gasteiger partial charge >= 0.3 is 5.97 Å². The molecular formula is C17H18FNO3S. The Kier molecular flexibility index (Phi) is 5.87. The molecule has 1 N–H and O–H groups in total. The molecule has 0 saturated heterocycles. The highest BCUT2D eigenvalue weighted by Gasteiger charge is 2.19. The van der Waals surface area contributed by atoms with E-state index in [4.69, 9.17) is 4.74 Å². The van der Waals surface area contributed by atoms with Crippen LogP contribution < -0.4 is 5.32 Å². The number of halogens is 1. The molecule has 122 valence electrons. The predicted molar refractivity (Wildman–Crippen MR) is 87.0 cm³/mol. The maximum atomic E-state index is 12.8. The van der Waals surface area contributed by atoms with Crippen molar-refractivity contribution in [1.82, 2.24) is 5.32 Å². The molecule has 0 aliphatic carbocycles. The number of hydrogen-bond acceptors (Lipinski definition) is 4. The van der Waals surface area contributed by atoms with Crippen LogP contribution in [0.15, 0.2) is 36.4 Å². The Morgan fingerprint density at radius 1 is 1.22 bits per heavy atom. The Bertz CT molecular complexity index is 681. The summed E-state index contributed by atoms with van der Waals surface area (Å²) in [5, 5.41) is 2.70. The fourth-order valence-electron chi connectivity index (χ4n) is 1.94. The highest BCUT2D eigenvalue weighted by molar-refractivity contribution is 7.13. The number of carbonyl (C=O) groups is 2. The number of benzene rings is 1. The van der Waals surface area contributed by atoms with Crippen molar-refractivity contribution in [3.8, 4) is 0 Å². The standard InChI is InChI=1S/C17H18FNO3S/c1-11-3-8-15(23-11)17(21)22-12(2)16(20)19-10-9-13-4-6-14(18)7-5-13/h3-8,12H,9-10H2,1-2H3,(H,19,20)/t12-/m0/s1. The molecule has 0 saturated carbocycles. The molecule has 0 aliphatic heterocycles. The van der Waals surface area contributed by atoms with Gasteiger partial charge in [-0.1, -0.05) is 12.1 Å². The van der Waals surface area contributed by atoms with Crippen LogP contribution in [0, 0.1) is 12.7 Å². The van der Waals surface area contributed by atoms with Gasteiger partial charge in [-0.2, -0.15) is 0 Å². The third-order valence-corrected chi connectivity index (χ3v) is 4.20. The molecule has 1 amide bonds. The van der Waals surface area contributed by atoms with Gasteiger partial charge in [0.2, 0.25) is 0 Å². The van der Waals surface area contributed by atoms with Crippen molar-refractivity contribution >= 4 is 23.2 Å². The average molecular weight is 335 g/mol. The summed E-state index contributed by atoms with van der Waals surface area (Å²) in [4.78, 5) is 25.3. The Hall–Kier alpha value is -2.21. The van der Waals surface area contributed by atoms with Crippen molar-refractivity contribution in [1.29, 1.82) is 0 Å². The smallest absolute Gasteiger partial charge is 0.349 e. The Labute approximate surface area is 138 Å². The summed E-state index contributed by atoms with van der Waals surface area (Å²) >= 11 is 1.33. The fraction of sp³-hybridized carbons (Fsp3) is 0.294. The maximum absolute atomic E-state index is 12.8. The summed E-state index contributed by atoms with van der Waals surface area (Å²) in [6.45, 7) is 3.82. The molecular weight excluding hydrogens is 317 g/mol. The lowest BCUT2D eigenvalue weighted by atomic mass is 10.1. The van der Waals surface area contributed by atoms with Gasteiger partial charge in [0.15, 0.2) is 6.10 Å². The average Bonchev–Trinajstić information content (AvgIpc) is 2.95. The zero-order valence-electron chi connectivity index (χ0n) is 13.0. The second-order valence-corrected chi connectivity index (χ2v) is 6.41. The lowest BCUT2D eigenvalue weighted by Crippen LogP contribution is -2.36. The molecule has 2 aromatic rings. The van der Waals surface area contributed by atoms with Crippen LogP contribution in [0.5, 0.6) is 0 Å². The molecule has 23 heavy (non-hydrogen) atoms. The van der Waals surface area contributed by atoms with Gasteiger partial charge in [0.25, 0.3) is 5.91 Å². The molecule has 2 rings (SSSR count). The van der Waals surface area contributed by atoms with Gasteiger partial charge in [0, 0.05) is 11.4 Å². The van der Waals surface area contributed by atoms with Crippen molar-refractivity contribution in [2.45, 2.75) is 26.4 Å². The van der Waals surface area contributed by atoms with Gasteiger partial charge in [-0.15, -0.1) is 11.3 Å². The highest BCUT2D eigenvalue weighted by Crippen LogP contribution is 2.16. The molecule has 0 unspecified atom stereocenters. The topological polar surface area (TPSA) is 55.4 Å². The number of aryl methyl sites for hydroxylation is 1. The van der Waals surface area contributed by atoms with E-state index in [0.717, 1.165) is 10.4 Å². The van der Waals surface area contributed by atoms with E-state index in [1.807, 2.05) is 13.0 Å². The predicted octanol–water partition coefficient (Wildman–Crippen LogP) is 3.10. The number of thiophene rings is 1. The molecule has 1 aromatic heterocycles. The van der Waals surface area contributed by atoms with Crippen LogP contribution in [0.3, 0.4) is 0 Å². The van der Waals surface area contributed by atoms with Gasteiger partial charge < -0.3 is 10.1 Å². The second-order valence-electron chi connectivity index (χ2n) is 5.13. The van der Waals surface area contributed by atoms with E-state index in [1.165, 1.54) is 30.4 Å². The minimum Gasteiger partial charge on any atom is -0.448 e. The molecule has 1 aromatic carbocycles. The van der Waals surface area contributed by atoms with Crippen LogP contribution >= 0.6 is 11.3 Å². The number of esters is 1. The number of ether oxygens (including phenoxy) is 1. The number of carbonyl (C=O) groups excluding carboxylic acids is 2. The van der Waals surface area contributed by atoms with Gasteiger partial charge in [0.1, 0.15) is 10.7 Å². The van der Waals surface area contributed by atoms with E-state index in [1.54, 1.807) is 18.2 Å². The molecule has 1 atom stereocenters. The van der Waals surface area contributed by atoms with Gasteiger partial charge in [-0.3, -0.25) is 4.79 Å². The summed E-state index contributed by atoms with van der Waals surface area (Å²) in [5.41, 5.74) is 0.922. The van der Waals surface area contributed by atoms with Crippen molar-refractivity contribution < 1.29 is 18.7 Å². The number of nitrogens with one attached hydrogen (secondary N) is 1. The first kappa shape index (κ1) is 17.1. The first-order chi connectivity index (χ1) is 11.0. The molecule has 0 fully saturated rings. The van der Waals surface area contributed by atoms with Crippen molar-refractivity contribution in [3.63, 3.8) is 0 Å². The minimum atomic E-state index is -0.863. The van der Waals surface area contributed by atoms with Crippen LogP contribution in [0.2, 0.25) is 0 Å². The SMILES string of the molecule is Cc1ccc(C(=O)O[C@@H](C)C(=O)NCCc2ccc(F)cc2)s1. The van der Waals surface area contributed by atoms with E-state index in [2.05, 4.69) is 5.32 Å². The van der Waals surface area contributed by atoms with Gasteiger partial charge in [0.05, 0.1) is 0 Å². The molecule has 0 spiro atoms. The van der Waals surface area contributed by atoms with E-state index in [9.17, 15) is 14.0 Å². The summed E-state index contributed by atoms with van der Waals surface area (Å²) in [6, 6.07) is 9.61. The van der Waals surface area contributed by atoms with Crippen LogP contribution in [0.4, 0.5) is 4.39 Å². The van der Waals surface area contributed by atoms with Gasteiger partial charge in [-0.05, 0) is 50.1 Å². The Morgan fingerprint density at radius 3 is 2.52 bits per heavy atom. The first-order valence-corrected chi connectivity index (χ1v) is 8.07. The molecule has 6 heteroatoms. The normalized spacial score (nSPS) is 11.8. The number of hydrogen-bond donors (Lipinski definition) is 1. The van der Waals surface area contributed by atoms with Gasteiger partial charge in [-0.25, -0.2) is 9.18 Å². The van der Waals surface area contributed by atoms with Crippen LogP contribution in [-0.4, -0.2) is 24.5 Å². The summed E-state index contributed by atoms with van der Waals surface area (Å²) in [7, 11) is 0. The third kappa shape index (κ3) is 5.17. The highest BCUT2D eigenvalue weighted by atomic mass is 32.1. The van der Waals surface area contributed by atoms with E-state index >= 15 is 0 Å². The van der Waals surface area contributed by atoms with Crippen LogP contribution in [0.1, 0.15) is 27.0 Å². The summed E-state index contributed by atoms with van der Waals surface area (Å²) < 4.78 is 17.9. The monoisotopic (exact) mass is 335 g/mol. The lowest BCUT2D eigenvalue weighted by Gasteiger charge is -2.13. The van der Waals surface area contributed by atoms with Crippen LogP contribution in [-0.2, 0) is 16.0 Å². The van der Waals surface area contributed by atoms with Crippen molar-refractivity contribution in [3.05, 3.63) is 57.5 Å². The number of amides is 1. The molecule has 4 nitrogen and oxygen atoms in total.